The molecule has 2 N–H and O–H groups in total. The molecule has 1 aliphatic rings. The number of hydrogen-bond acceptors (Lipinski definition) is 1. The van der Waals surface area contributed by atoms with Gasteiger partial charge in [0.25, 0.3) is 0 Å². The molecule has 1 fully saturated rings. The smallest absolute Gasteiger partial charge is 0.140 e. The minimum absolute atomic E-state index is 0.155. The molecule has 0 heterocycles. The second-order valence-electron chi connectivity index (χ2n) is 4.67. The molecule has 0 amide bonds. The first-order valence-electron chi connectivity index (χ1n) is 5.22. The molecule has 0 saturated heterocycles. The Balaban J connectivity index is 2.51. The van der Waals surface area contributed by atoms with E-state index in [2.05, 4.69) is 15.9 Å². The Morgan fingerprint density at radius 1 is 1.40 bits per heavy atom. The van der Waals surface area contributed by atoms with Crippen LogP contribution in [0.2, 0.25) is 0 Å². The van der Waals surface area contributed by atoms with Crippen molar-refractivity contribution in [2.45, 2.75) is 38.1 Å². The highest BCUT2D eigenvalue weighted by Crippen LogP contribution is 2.44. The predicted octanol–water partition coefficient (Wildman–Crippen LogP) is 3.66. The highest BCUT2D eigenvalue weighted by Gasteiger charge is 2.40. The first-order valence-corrected chi connectivity index (χ1v) is 6.01. The van der Waals surface area contributed by atoms with Gasteiger partial charge in [0.05, 0.1) is 4.47 Å². The van der Waals surface area contributed by atoms with Crippen LogP contribution >= 0.6 is 15.9 Å². The summed E-state index contributed by atoms with van der Waals surface area (Å²) in [6, 6.07) is 3.73. The van der Waals surface area contributed by atoms with Crippen molar-refractivity contribution in [2.75, 3.05) is 0 Å². The Morgan fingerprint density at radius 2 is 2.00 bits per heavy atom. The zero-order chi connectivity index (χ0) is 11.2. The monoisotopic (exact) mass is 271 g/mol. The summed E-state index contributed by atoms with van der Waals surface area (Å²) in [6.07, 6.45) is 2.01. The number of hydrogen-bond donors (Lipinski definition) is 1. The van der Waals surface area contributed by atoms with Crippen molar-refractivity contribution in [3.63, 3.8) is 0 Å². The molecule has 0 spiro atoms. The topological polar surface area (TPSA) is 26.0 Å². The molecule has 0 aromatic heterocycles. The SMILES string of the molecule is CC(C)c1cc(C2(N)CC2)cc(Br)c1F. The zero-order valence-electron chi connectivity index (χ0n) is 8.98. The molecule has 1 nitrogen and oxygen atoms in total. The molecule has 1 aromatic carbocycles. The standard InChI is InChI=1S/C12H15BrFN/c1-7(2)9-5-8(12(15)3-4-12)6-10(13)11(9)14/h5-7H,3-4,15H2,1-2H3. The quantitative estimate of drug-likeness (QED) is 0.873. The zero-order valence-corrected chi connectivity index (χ0v) is 10.6. The van der Waals surface area contributed by atoms with Gasteiger partial charge in [0.1, 0.15) is 5.82 Å². The van der Waals surface area contributed by atoms with E-state index < -0.39 is 0 Å². The average Bonchev–Trinajstić information content (AvgIpc) is 2.89. The van der Waals surface area contributed by atoms with Crippen molar-refractivity contribution in [1.29, 1.82) is 0 Å². The number of rotatable bonds is 2. The summed E-state index contributed by atoms with van der Waals surface area (Å²) < 4.78 is 14.3. The van der Waals surface area contributed by atoms with Crippen molar-refractivity contribution in [2.24, 2.45) is 5.73 Å². The second kappa shape index (κ2) is 3.56. The third kappa shape index (κ3) is 1.95. The lowest BCUT2D eigenvalue weighted by Crippen LogP contribution is -2.19. The first kappa shape index (κ1) is 11.1. The van der Waals surface area contributed by atoms with E-state index >= 15 is 0 Å². The van der Waals surface area contributed by atoms with Gasteiger partial charge in [-0.25, -0.2) is 4.39 Å². The Hall–Kier alpha value is -0.410. The van der Waals surface area contributed by atoms with Crippen molar-refractivity contribution < 1.29 is 4.39 Å². The fourth-order valence-corrected chi connectivity index (χ4v) is 2.22. The molecule has 1 aromatic rings. The molecule has 0 unspecified atom stereocenters. The Bertz CT molecular complexity index is 397. The molecule has 3 heteroatoms. The van der Waals surface area contributed by atoms with E-state index in [1.54, 1.807) is 0 Å². The molecule has 1 saturated carbocycles. The molecule has 0 bridgehead atoms. The van der Waals surface area contributed by atoms with Crippen LogP contribution in [0.5, 0.6) is 0 Å². The van der Waals surface area contributed by atoms with Crippen LogP contribution in [-0.4, -0.2) is 0 Å². The van der Waals surface area contributed by atoms with Gasteiger partial charge in [-0.15, -0.1) is 0 Å². The molecule has 1 aliphatic carbocycles. The summed E-state index contributed by atoms with van der Waals surface area (Å²) in [6.45, 7) is 3.98. The molecule has 0 atom stereocenters. The average molecular weight is 272 g/mol. The molecule has 15 heavy (non-hydrogen) atoms. The number of halogens is 2. The van der Waals surface area contributed by atoms with Crippen LogP contribution in [0, 0.1) is 5.82 Å². The Kier molecular flexibility index (Phi) is 2.63. The van der Waals surface area contributed by atoms with Crippen molar-refractivity contribution in [3.8, 4) is 0 Å². The summed E-state index contributed by atoms with van der Waals surface area (Å²) in [5, 5.41) is 0. The summed E-state index contributed by atoms with van der Waals surface area (Å²) in [7, 11) is 0. The van der Waals surface area contributed by atoms with Gasteiger partial charge in [0.15, 0.2) is 0 Å². The van der Waals surface area contributed by atoms with Gasteiger partial charge in [-0.2, -0.15) is 0 Å². The van der Waals surface area contributed by atoms with Crippen LogP contribution in [0.25, 0.3) is 0 Å². The van der Waals surface area contributed by atoms with Crippen LogP contribution in [-0.2, 0) is 5.54 Å². The highest BCUT2D eigenvalue weighted by atomic mass is 79.9. The van der Waals surface area contributed by atoms with Crippen LogP contribution in [0.3, 0.4) is 0 Å². The summed E-state index contributed by atoms with van der Waals surface area (Å²) in [5.41, 5.74) is 7.72. The van der Waals surface area contributed by atoms with Crippen LogP contribution in [0.15, 0.2) is 16.6 Å². The van der Waals surface area contributed by atoms with Crippen LogP contribution in [0.4, 0.5) is 4.39 Å². The van der Waals surface area contributed by atoms with E-state index in [4.69, 9.17) is 5.73 Å². The van der Waals surface area contributed by atoms with Crippen molar-refractivity contribution in [3.05, 3.63) is 33.5 Å². The minimum atomic E-state index is -0.195. The fraction of sp³-hybridized carbons (Fsp3) is 0.500. The van der Waals surface area contributed by atoms with E-state index in [-0.39, 0.29) is 17.3 Å². The van der Waals surface area contributed by atoms with E-state index in [0.29, 0.717) is 4.47 Å². The van der Waals surface area contributed by atoms with Crippen molar-refractivity contribution >= 4 is 15.9 Å². The Morgan fingerprint density at radius 3 is 2.47 bits per heavy atom. The number of nitrogens with two attached hydrogens (primary N) is 1. The van der Waals surface area contributed by atoms with E-state index in [9.17, 15) is 4.39 Å². The largest absolute Gasteiger partial charge is 0.321 e. The lowest BCUT2D eigenvalue weighted by atomic mass is 9.96. The fourth-order valence-electron chi connectivity index (χ4n) is 1.74. The predicted molar refractivity (Wildman–Crippen MR) is 63.3 cm³/mol. The van der Waals surface area contributed by atoms with Crippen LogP contribution in [0.1, 0.15) is 43.7 Å². The third-order valence-corrected chi connectivity index (χ3v) is 3.62. The van der Waals surface area contributed by atoms with Gasteiger partial charge in [0, 0.05) is 5.54 Å². The molecular weight excluding hydrogens is 257 g/mol. The number of benzene rings is 1. The van der Waals surface area contributed by atoms with Crippen LogP contribution < -0.4 is 5.73 Å². The highest BCUT2D eigenvalue weighted by molar-refractivity contribution is 9.10. The maximum atomic E-state index is 13.8. The van der Waals surface area contributed by atoms with Gasteiger partial charge in [-0.05, 0) is 51.9 Å². The first-order chi connectivity index (χ1) is 6.94. The summed E-state index contributed by atoms with van der Waals surface area (Å²) >= 11 is 3.25. The maximum Gasteiger partial charge on any atom is 0.140 e. The minimum Gasteiger partial charge on any atom is -0.321 e. The third-order valence-electron chi connectivity index (χ3n) is 3.04. The van der Waals surface area contributed by atoms with E-state index in [1.807, 2.05) is 26.0 Å². The van der Waals surface area contributed by atoms with Gasteiger partial charge < -0.3 is 5.73 Å². The molecule has 82 valence electrons. The van der Waals surface area contributed by atoms with Gasteiger partial charge >= 0.3 is 0 Å². The molecule has 0 aliphatic heterocycles. The molecule has 0 radical (unpaired) electrons. The summed E-state index contributed by atoms with van der Waals surface area (Å²) in [4.78, 5) is 0. The second-order valence-corrected chi connectivity index (χ2v) is 5.53. The summed E-state index contributed by atoms with van der Waals surface area (Å²) in [5.74, 6) is 0.0293. The molecular formula is C12H15BrFN. The van der Waals surface area contributed by atoms with Crippen molar-refractivity contribution in [1.82, 2.24) is 0 Å². The van der Waals surface area contributed by atoms with Gasteiger partial charge in [-0.3, -0.25) is 0 Å². The molecule has 2 rings (SSSR count). The lowest BCUT2D eigenvalue weighted by molar-refractivity contribution is 0.587. The maximum absolute atomic E-state index is 13.8. The van der Waals surface area contributed by atoms with Gasteiger partial charge in [-0.1, -0.05) is 19.9 Å². The van der Waals surface area contributed by atoms with Gasteiger partial charge in [0.2, 0.25) is 0 Å². The lowest BCUT2D eigenvalue weighted by Gasteiger charge is -2.15. The normalized spacial score (nSPS) is 18.3. The van der Waals surface area contributed by atoms with E-state index in [1.165, 1.54) is 0 Å². The Labute approximate surface area is 98.0 Å². The van der Waals surface area contributed by atoms with E-state index in [0.717, 1.165) is 24.0 Å².